The highest BCUT2D eigenvalue weighted by atomic mass is 79.9. The summed E-state index contributed by atoms with van der Waals surface area (Å²) in [5.41, 5.74) is 0. The molecule has 92 valence electrons. The Balaban J connectivity index is 2.74. The van der Waals surface area contributed by atoms with Crippen LogP contribution >= 0.6 is 31.9 Å². The van der Waals surface area contributed by atoms with E-state index in [4.69, 9.17) is 9.47 Å². The molecule has 17 heavy (non-hydrogen) atoms. The summed E-state index contributed by atoms with van der Waals surface area (Å²) in [6.45, 7) is 2.11. The fourth-order valence-corrected chi connectivity index (χ4v) is 1.27. The number of halogens is 2. The summed E-state index contributed by atoms with van der Waals surface area (Å²) in [6.07, 6.45) is 0.333. The van der Waals surface area contributed by atoms with Gasteiger partial charge >= 0.3 is 5.97 Å². The van der Waals surface area contributed by atoms with Crippen LogP contribution in [0.25, 0.3) is 0 Å². The van der Waals surface area contributed by atoms with Crippen LogP contribution < -0.4 is 9.47 Å². The van der Waals surface area contributed by atoms with Crippen LogP contribution in [-0.4, -0.2) is 12.6 Å². The number of hydrogen-bond donors (Lipinski definition) is 0. The Morgan fingerprint density at radius 1 is 1.35 bits per heavy atom. The summed E-state index contributed by atoms with van der Waals surface area (Å²) in [5.74, 6) is 0.700. The van der Waals surface area contributed by atoms with Gasteiger partial charge in [-0.05, 0) is 17.1 Å². The Hall–Kier alpha value is -0.810. The molecule has 5 heteroatoms. The van der Waals surface area contributed by atoms with Gasteiger partial charge in [0.1, 0.15) is 6.61 Å². The first kappa shape index (κ1) is 14.3. The molecule has 1 aromatic rings. The second-order valence-electron chi connectivity index (χ2n) is 3.12. The average molecular weight is 364 g/mol. The average Bonchev–Trinajstić information content (AvgIpc) is 2.37. The molecule has 0 aliphatic rings. The Bertz CT molecular complexity index is 416. The molecule has 0 aromatic heterocycles. The molecule has 0 amide bonds. The van der Waals surface area contributed by atoms with Crippen molar-refractivity contribution in [2.45, 2.75) is 13.3 Å². The zero-order valence-electron chi connectivity index (χ0n) is 9.28. The predicted molar refractivity (Wildman–Crippen MR) is 73.8 cm³/mol. The van der Waals surface area contributed by atoms with Crippen molar-refractivity contribution in [1.82, 2.24) is 0 Å². The maximum absolute atomic E-state index is 11.2. The monoisotopic (exact) mass is 362 g/mol. The number of esters is 1. The number of ether oxygens (including phenoxy) is 2. The molecule has 0 aliphatic carbocycles. The van der Waals surface area contributed by atoms with E-state index in [1.807, 2.05) is 6.07 Å². The predicted octanol–water partition coefficient (Wildman–Crippen LogP) is 4.01. The summed E-state index contributed by atoms with van der Waals surface area (Å²) < 4.78 is 11.5. The SMILES string of the molecule is CCC(=O)Oc1ccccc1OCC(Br)=CBr. The summed E-state index contributed by atoms with van der Waals surface area (Å²) >= 11 is 6.49. The van der Waals surface area contributed by atoms with Crippen molar-refractivity contribution in [3.63, 3.8) is 0 Å². The van der Waals surface area contributed by atoms with Crippen LogP contribution in [0.1, 0.15) is 13.3 Å². The molecule has 0 spiro atoms. The number of para-hydroxylation sites is 2. The van der Waals surface area contributed by atoms with Crippen LogP contribution in [0.5, 0.6) is 11.5 Å². The first-order valence-corrected chi connectivity index (χ1v) is 6.75. The van der Waals surface area contributed by atoms with Crippen LogP contribution in [0.15, 0.2) is 33.7 Å². The summed E-state index contributed by atoms with van der Waals surface area (Å²) in [6, 6.07) is 7.08. The summed E-state index contributed by atoms with van der Waals surface area (Å²) in [4.78, 5) is 12.9. The number of carbonyl (C=O) groups is 1. The molecule has 0 saturated carbocycles. The van der Waals surface area contributed by atoms with Crippen molar-refractivity contribution in [3.8, 4) is 11.5 Å². The molecule has 0 N–H and O–H groups in total. The van der Waals surface area contributed by atoms with E-state index in [2.05, 4.69) is 31.9 Å². The first-order chi connectivity index (χ1) is 8.17. The van der Waals surface area contributed by atoms with Crippen molar-refractivity contribution < 1.29 is 14.3 Å². The van der Waals surface area contributed by atoms with Gasteiger partial charge in [-0.25, -0.2) is 0 Å². The van der Waals surface area contributed by atoms with Gasteiger partial charge in [-0.2, -0.15) is 0 Å². The van der Waals surface area contributed by atoms with Gasteiger partial charge in [-0.15, -0.1) is 0 Å². The Morgan fingerprint density at radius 2 is 2.00 bits per heavy atom. The van der Waals surface area contributed by atoms with E-state index in [1.54, 1.807) is 30.1 Å². The summed E-state index contributed by atoms with van der Waals surface area (Å²) in [7, 11) is 0. The zero-order valence-corrected chi connectivity index (χ0v) is 12.5. The quantitative estimate of drug-likeness (QED) is 0.585. The lowest BCUT2D eigenvalue weighted by molar-refractivity contribution is -0.134. The molecule has 3 nitrogen and oxygen atoms in total. The van der Waals surface area contributed by atoms with E-state index in [-0.39, 0.29) is 5.97 Å². The van der Waals surface area contributed by atoms with Gasteiger partial charge in [0, 0.05) is 10.9 Å². The van der Waals surface area contributed by atoms with E-state index in [0.29, 0.717) is 24.5 Å². The molecule has 1 aromatic carbocycles. The third kappa shape index (κ3) is 4.91. The summed E-state index contributed by atoms with van der Waals surface area (Å²) in [5, 5.41) is 0. The van der Waals surface area contributed by atoms with Crippen LogP contribution in [0, 0.1) is 0 Å². The highest BCUT2D eigenvalue weighted by molar-refractivity contribution is 9.14. The van der Waals surface area contributed by atoms with Crippen LogP contribution in [0.2, 0.25) is 0 Å². The zero-order chi connectivity index (χ0) is 12.7. The second kappa shape index (κ2) is 7.50. The van der Waals surface area contributed by atoms with E-state index in [9.17, 15) is 4.79 Å². The van der Waals surface area contributed by atoms with Gasteiger partial charge in [0.15, 0.2) is 11.5 Å². The number of carbonyl (C=O) groups excluding carboxylic acids is 1. The van der Waals surface area contributed by atoms with Crippen LogP contribution in [0.4, 0.5) is 0 Å². The number of hydrogen-bond acceptors (Lipinski definition) is 3. The molecule has 0 atom stereocenters. The Kier molecular flexibility index (Phi) is 6.29. The van der Waals surface area contributed by atoms with E-state index >= 15 is 0 Å². The molecule has 0 radical (unpaired) electrons. The Labute approximate surface area is 117 Å². The molecular formula is C12H12Br2O3. The second-order valence-corrected chi connectivity index (χ2v) is 4.60. The van der Waals surface area contributed by atoms with Crippen molar-refractivity contribution in [3.05, 3.63) is 33.7 Å². The van der Waals surface area contributed by atoms with E-state index in [1.165, 1.54) is 0 Å². The first-order valence-electron chi connectivity index (χ1n) is 5.04. The van der Waals surface area contributed by atoms with Gasteiger partial charge in [-0.3, -0.25) is 4.79 Å². The van der Waals surface area contributed by atoms with Crippen LogP contribution in [-0.2, 0) is 4.79 Å². The third-order valence-electron chi connectivity index (χ3n) is 1.85. The molecule has 0 saturated heterocycles. The molecule has 0 unspecified atom stereocenters. The maximum Gasteiger partial charge on any atom is 0.311 e. The third-order valence-corrected chi connectivity index (χ3v) is 3.47. The standard InChI is InChI=1S/C12H12Br2O3/c1-2-12(15)17-11-6-4-3-5-10(11)16-8-9(14)7-13/h3-7H,2,8H2,1H3. The number of rotatable bonds is 5. The molecule has 0 aliphatic heterocycles. The smallest absolute Gasteiger partial charge is 0.311 e. The lowest BCUT2D eigenvalue weighted by Crippen LogP contribution is -2.07. The fourth-order valence-electron chi connectivity index (χ4n) is 1.03. The van der Waals surface area contributed by atoms with Gasteiger partial charge in [-0.1, -0.05) is 50.9 Å². The lowest BCUT2D eigenvalue weighted by atomic mass is 10.3. The Morgan fingerprint density at radius 3 is 2.59 bits per heavy atom. The van der Waals surface area contributed by atoms with Crippen molar-refractivity contribution in [1.29, 1.82) is 0 Å². The molecule has 1 rings (SSSR count). The molecular weight excluding hydrogens is 352 g/mol. The lowest BCUT2D eigenvalue weighted by Gasteiger charge is -2.10. The van der Waals surface area contributed by atoms with Gasteiger partial charge in [0.05, 0.1) is 0 Å². The van der Waals surface area contributed by atoms with Crippen molar-refractivity contribution in [2.75, 3.05) is 6.61 Å². The molecule has 0 heterocycles. The maximum atomic E-state index is 11.2. The number of benzene rings is 1. The minimum Gasteiger partial charge on any atom is -0.484 e. The van der Waals surface area contributed by atoms with Gasteiger partial charge < -0.3 is 9.47 Å². The van der Waals surface area contributed by atoms with E-state index in [0.717, 1.165) is 4.48 Å². The van der Waals surface area contributed by atoms with Crippen molar-refractivity contribution >= 4 is 37.8 Å². The molecule has 0 bridgehead atoms. The van der Waals surface area contributed by atoms with Crippen molar-refractivity contribution in [2.24, 2.45) is 0 Å². The fraction of sp³-hybridized carbons (Fsp3) is 0.250. The topological polar surface area (TPSA) is 35.5 Å². The normalized spacial score (nSPS) is 11.1. The van der Waals surface area contributed by atoms with Gasteiger partial charge in [0.2, 0.25) is 0 Å². The highest BCUT2D eigenvalue weighted by Gasteiger charge is 2.08. The minimum absolute atomic E-state index is 0.281. The molecule has 0 fully saturated rings. The largest absolute Gasteiger partial charge is 0.484 e. The van der Waals surface area contributed by atoms with E-state index < -0.39 is 0 Å². The van der Waals surface area contributed by atoms with Crippen LogP contribution in [0.3, 0.4) is 0 Å². The highest BCUT2D eigenvalue weighted by Crippen LogP contribution is 2.27. The minimum atomic E-state index is -0.281. The van der Waals surface area contributed by atoms with Gasteiger partial charge in [0.25, 0.3) is 0 Å².